The van der Waals surface area contributed by atoms with Crippen molar-refractivity contribution in [2.24, 2.45) is 11.1 Å². The van der Waals surface area contributed by atoms with Gasteiger partial charge in [0.05, 0.1) is 0 Å². The van der Waals surface area contributed by atoms with Crippen molar-refractivity contribution >= 4 is 0 Å². The Balaban J connectivity index is 3.31. The van der Waals surface area contributed by atoms with Crippen molar-refractivity contribution in [1.82, 2.24) is 5.32 Å². The molecule has 0 atom stereocenters. The molecule has 0 aromatic carbocycles. The molecule has 0 aliphatic carbocycles. The first-order chi connectivity index (χ1) is 8.27. The molecule has 0 aromatic heterocycles. The van der Waals surface area contributed by atoms with E-state index in [0.29, 0.717) is 19.5 Å². The number of nitrogens with one attached hydrogen (secondary N) is 1. The molecule has 0 bridgehead atoms. The highest BCUT2D eigenvalue weighted by Crippen LogP contribution is 2.25. The Hall–Kier alpha value is -0.290. The molecule has 0 spiro atoms. The van der Waals surface area contributed by atoms with E-state index in [1.54, 1.807) is 0 Å². The quantitative estimate of drug-likeness (QED) is 0.595. The molecule has 18 heavy (non-hydrogen) atoms. The summed E-state index contributed by atoms with van der Waals surface area (Å²) in [4.78, 5) is 0. The van der Waals surface area contributed by atoms with Gasteiger partial charge in [-0.3, -0.25) is 0 Å². The predicted octanol–water partition coefficient (Wildman–Crippen LogP) is 3.46. The van der Waals surface area contributed by atoms with E-state index in [-0.39, 0.29) is 11.8 Å². The van der Waals surface area contributed by atoms with Crippen LogP contribution >= 0.6 is 0 Å². The zero-order valence-corrected chi connectivity index (χ0v) is 11.6. The molecule has 0 aromatic rings. The van der Waals surface area contributed by atoms with Crippen LogP contribution in [0.1, 0.15) is 52.4 Å². The van der Waals surface area contributed by atoms with Crippen LogP contribution in [0.4, 0.5) is 13.2 Å². The van der Waals surface area contributed by atoms with Crippen LogP contribution in [0.15, 0.2) is 0 Å². The fraction of sp³-hybridized carbons (Fsp3) is 1.00. The van der Waals surface area contributed by atoms with Gasteiger partial charge in [-0.15, -0.1) is 0 Å². The zero-order valence-electron chi connectivity index (χ0n) is 11.6. The molecule has 0 aliphatic heterocycles. The summed E-state index contributed by atoms with van der Waals surface area (Å²) in [5.41, 5.74) is 5.80. The standard InChI is InChI=1S/C13H27F3N2/c1-12(2,8-9-17)6-5-11-18-10-4-3-7-13(14,15)16/h18H,3-11,17H2,1-2H3. The second-order valence-electron chi connectivity index (χ2n) is 5.63. The minimum absolute atomic E-state index is 0.217. The van der Waals surface area contributed by atoms with Crippen molar-refractivity contribution in [2.75, 3.05) is 19.6 Å². The molecule has 110 valence electrons. The summed E-state index contributed by atoms with van der Waals surface area (Å²) in [6.45, 7) is 6.65. The lowest BCUT2D eigenvalue weighted by molar-refractivity contribution is -0.135. The smallest absolute Gasteiger partial charge is 0.330 e. The normalized spacial score (nSPS) is 13.0. The molecular weight excluding hydrogens is 241 g/mol. The highest BCUT2D eigenvalue weighted by Gasteiger charge is 2.25. The summed E-state index contributed by atoms with van der Waals surface area (Å²) in [7, 11) is 0. The molecule has 5 heteroatoms. The van der Waals surface area contributed by atoms with Gasteiger partial charge >= 0.3 is 6.18 Å². The maximum absolute atomic E-state index is 11.9. The summed E-state index contributed by atoms with van der Waals surface area (Å²) in [6.07, 6.45) is -0.712. The third kappa shape index (κ3) is 12.2. The lowest BCUT2D eigenvalue weighted by Gasteiger charge is -2.23. The number of halogens is 3. The lowest BCUT2D eigenvalue weighted by atomic mass is 9.84. The Kier molecular flexibility index (Phi) is 8.61. The Morgan fingerprint density at radius 2 is 1.50 bits per heavy atom. The van der Waals surface area contributed by atoms with E-state index >= 15 is 0 Å². The molecule has 0 fully saturated rings. The fourth-order valence-corrected chi connectivity index (χ4v) is 1.91. The average molecular weight is 268 g/mol. The average Bonchev–Trinajstić information content (AvgIpc) is 2.20. The maximum Gasteiger partial charge on any atom is 0.389 e. The van der Waals surface area contributed by atoms with Crippen LogP contribution in [-0.4, -0.2) is 25.8 Å². The highest BCUT2D eigenvalue weighted by atomic mass is 19.4. The third-order valence-corrected chi connectivity index (χ3v) is 3.09. The van der Waals surface area contributed by atoms with E-state index in [4.69, 9.17) is 5.73 Å². The molecule has 0 heterocycles. The van der Waals surface area contributed by atoms with Crippen molar-refractivity contribution in [3.05, 3.63) is 0 Å². The zero-order chi connectivity index (χ0) is 14.1. The van der Waals surface area contributed by atoms with Crippen LogP contribution in [0.5, 0.6) is 0 Å². The second kappa shape index (κ2) is 8.75. The molecule has 0 aliphatic rings. The van der Waals surface area contributed by atoms with Crippen molar-refractivity contribution < 1.29 is 13.2 Å². The van der Waals surface area contributed by atoms with Crippen LogP contribution in [0, 0.1) is 5.41 Å². The van der Waals surface area contributed by atoms with Crippen molar-refractivity contribution in [1.29, 1.82) is 0 Å². The largest absolute Gasteiger partial charge is 0.389 e. The first kappa shape index (κ1) is 17.7. The van der Waals surface area contributed by atoms with Gasteiger partial charge in [-0.2, -0.15) is 13.2 Å². The number of alkyl halides is 3. The number of nitrogens with two attached hydrogens (primary N) is 1. The summed E-state index contributed by atoms with van der Waals surface area (Å²) >= 11 is 0. The Bertz CT molecular complexity index is 203. The SMILES string of the molecule is CC(C)(CCN)CCCNCCCCC(F)(F)F. The molecule has 0 rings (SSSR count). The second-order valence-corrected chi connectivity index (χ2v) is 5.63. The van der Waals surface area contributed by atoms with Crippen LogP contribution in [-0.2, 0) is 0 Å². The summed E-state index contributed by atoms with van der Waals surface area (Å²) in [6, 6.07) is 0. The van der Waals surface area contributed by atoms with E-state index in [0.717, 1.165) is 25.8 Å². The van der Waals surface area contributed by atoms with E-state index in [1.807, 2.05) is 0 Å². The van der Waals surface area contributed by atoms with Crippen LogP contribution in [0.2, 0.25) is 0 Å². The molecule has 0 saturated carbocycles. The van der Waals surface area contributed by atoms with E-state index < -0.39 is 12.6 Å². The van der Waals surface area contributed by atoms with Gasteiger partial charge in [0.1, 0.15) is 0 Å². The molecule has 0 unspecified atom stereocenters. The monoisotopic (exact) mass is 268 g/mol. The maximum atomic E-state index is 11.9. The Morgan fingerprint density at radius 3 is 2.06 bits per heavy atom. The molecule has 0 saturated heterocycles. The van der Waals surface area contributed by atoms with Gasteiger partial charge in [-0.05, 0) is 57.2 Å². The van der Waals surface area contributed by atoms with Crippen LogP contribution in [0.3, 0.4) is 0 Å². The van der Waals surface area contributed by atoms with Crippen LogP contribution < -0.4 is 11.1 Å². The molecule has 0 amide bonds. The first-order valence-corrected chi connectivity index (χ1v) is 6.74. The number of unbranched alkanes of at least 4 members (excludes halogenated alkanes) is 1. The third-order valence-electron chi connectivity index (χ3n) is 3.09. The highest BCUT2D eigenvalue weighted by molar-refractivity contribution is 4.69. The number of hydrogen-bond acceptors (Lipinski definition) is 2. The van der Waals surface area contributed by atoms with Crippen molar-refractivity contribution in [2.45, 2.75) is 58.5 Å². The predicted molar refractivity (Wildman–Crippen MR) is 69.5 cm³/mol. The summed E-state index contributed by atoms with van der Waals surface area (Å²) < 4.78 is 35.6. The van der Waals surface area contributed by atoms with Crippen LogP contribution in [0.25, 0.3) is 0 Å². The van der Waals surface area contributed by atoms with Gasteiger partial charge in [-0.1, -0.05) is 13.8 Å². The minimum Gasteiger partial charge on any atom is -0.330 e. The molecule has 2 nitrogen and oxygen atoms in total. The Morgan fingerprint density at radius 1 is 0.889 bits per heavy atom. The van der Waals surface area contributed by atoms with Crippen molar-refractivity contribution in [3.8, 4) is 0 Å². The fourth-order valence-electron chi connectivity index (χ4n) is 1.91. The topological polar surface area (TPSA) is 38.0 Å². The molecule has 3 N–H and O–H groups in total. The van der Waals surface area contributed by atoms with E-state index in [1.165, 1.54) is 0 Å². The van der Waals surface area contributed by atoms with E-state index in [9.17, 15) is 13.2 Å². The van der Waals surface area contributed by atoms with Gasteiger partial charge in [0, 0.05) is 6.42 Å². The number of rotatable bonds is 10. The Labute approximate surface area is 109 Å². The van der Waals surface area contributed by atoms with Gasteiger partial charge < -0.3 is 11.1 Å². The summed E-state index contributed by atoms with van der Waals surface area (Å²) in [5, 5.41) is 3.19. The van der Waals surface area contributed by atoms with Gasteiger partial charge in [0.25, 0.3) is 0 Å². The number of hydrogen-bond donors (Lipinski definition) is 2. The van der Waals surface area contributed by atoms with Crippen molar-refractivity contribution in [3.63, 3.8) is 0 Å². The summed E-state index contributed by atoms with van der Waals surface area (Å²) in [5.74, 6) is 0. The lowest BCUT2D eigenvalue weighted by Crippen LogP contribution is -2.21. The van der Waals surface area contributed by atoms with E-state index in [2.05, 4.69) is 19.2 Å². The molecule has 0 radical (unpaired) electrons. The minimum atomic E-state index is -4.01. The van der Waals surface area contributed by atoms with Gasteiger partial charge in [0.2, 0.25) is 0 Å². The van der Waals surface area contributed by atoms with Gasteiger partial charge in [-0.25, -0.2) is 0 Å². The molecular formula is C13H27F3N2. The van der Waals surface area contributed by atoms with Gasteiger partial charge in [0.15, 0.2) is 0 Å². The first-order valence-electron chi connectivity index (χ1n) is 6.74.